The van der Waals surface area contributed by atoms with Gasteiger partial charge in [-0.3, -0.25) is 8.75 Å². The van der Waals surface area contributed by atoms with E-state index in [1.807, 2.05) is 0 Å². The molecule has 1 N–H and O–H groups in total. The normalized spacial score (nSPS) is 12.7. The molecule has 27 heavy (non-hydrogen) atoms. The third kappa shape index (κ3) is 5.29. The smallest absolute Gasteiger partial charge is 0.282 e. The number of carbonyl (C=O) groups is 1. The highest BCUT2D eigenvalue weighted by Gasteiger charge is 2.17. The van der Waals surface area contributed by atoms with Gasteiger partial charge in [0.05, 0.1) is 18.9 Å². The maximum Gasteiger partial charge on any atom is 0.282 e. The van der Waals surface area contributed by atoms with Gasteiger partial charge in [-0.2, -0.15) is 4.99 Å². The number of unbranched alkanes of at least 4 members (excludes halogenated alkanes) is 1. The number of methoxy groups -OCH3 is 1. The number of hydrogen-bond acceptors (Lipinski definition) is 5. The first-order valence-corrected chi connectivity index (χ1v) is 9.74. The second-order valence-electron chi connectivity index (χ2n) is 7.27. The Bertz CT molecular complexity index is 889. The molecule has 0 atom stereocenters. The van der Waals surface area contributed by atoms with Gasteiger partial charge in [-0.05, 0) is 68.9 Å². The van der Waals surface area contributed by atoms with Crippen molar-refractivity contribution in [3.05, 3.63) is 45.8 Å². The topological polar surface area (TPSA) is 76.2 Å². The van der Waals surface area contributed by atoms with Crippen LogP contribution in [0.5, 0.6) is 5.75 Å². The molecule has 0 unspecified atom stereocenters. The largest absolute Gasteiger partial charge is 0.496 e. The van der Waals surface area contributed by atoms with Gasteiger partial charge in [0, 0.05) is 17.3 Å². The number of aromatic nitrogens is 1. The van der Waals surface area contributed by atoms with Crippen LogP contribution in [0.3, 0.4) is 0 Å². The molecule has 1 amide bonds. The maximum atomic E-state index is 12.9. The number of rotatable bonds is 6. The number of aryl methyl sites for hydroxylation is 1. The van der Waals surface area contributed by atoms with Gasteiger partial charge < -0.3 is 9.94 Å². The van der Waals surface area contributed by atoms with Gasteiger partial charge in [0.1, 0.15) is 10.4 Å². The molecular weight excluding hydrogens is 362 g/mol. The van der Waals surface area contributed by atoms with Crippen molar-refractivity contribution in [3.63, 3.8) is 0 Å². The molecular formula is C20H27N3O3S. The minimum absolute atomic E-state index is 0.0718. The van der Waals surface area contributed by atoms with E-state index in [1.165, 1.54) is 24.9 Å². The molecule has 0 aliphatic carbocycles. The third-order valence-corrected chi connectivity index (χ3v) is 5.43. The lowest BCUT2D eigenvalue weighted by Gasteiger charge is -2.19. The molecule has 1 aromatic heterocycles. The molecule has 0 spiro atoms. The van der Waals surface area contributed by atoms with E-state index in [4.69, 9.17) is 9.94 Å². The van der Waals surface area contributed by atoms with Crippen LogP contribution >= 0.6 is 11.5 Å². The highest BCUT2D eigenvalue weighted by Crippen LogP contribution is 2.21. The third-order valence-electron chi connectivity index (χ3n) is 4.06. The summed E-state index contributed by atoms with van der Waals surface area (Å²) in [5, 5.41) is 11.8. The summed E-state index contributed by atoms with van der Waals surface area (Å²) in [6, 6.07) is 4.99. The summed E-state index contributed by atoms with van der Waals surface area (Å²) in [6.07, 6.45) is 6.37. The van der Waals surface area contributed by atoms with Crippen LogP contribution in [0.4, 0.5) is 0 Å². The zero-order valence-corrected chi connectivity index (χ0v) is 17.3. The summed E-state index contributed by atoms with van der Waals surface area (Å²) < 4.78 is 8.17. The Morgan fingerprint density at radius 3 is 2.70 bits per heavy atom. The Morgan fingerprint density at radius 2 is 2.11 bits per heavy atom. The predicted molar refractivity (Wildman–Crippen MR) is 108 cm³/mol. The molecule has 146 valence electrons. The van der Waals surface area contributed by atoms with Crippen molar-refractivity contribution >= 4 is 23.7 Å². The summed E-state index contributed by atoms with van der Waals surface area (Å²) >= 11 is 1.49. The van der Waals surface area contributed by atoms with Crippen LogP contribution in [-0.2, 0) is 12.0 Å². The van der Waals surface area contributed by atoms with E-state index < -0.39 is 0 Å². The van der Waals surface area contributed by atoms with Crippen LogP contribution in [-0.4, -0.2) is 28.4 Å². The van der Waals surface area contributed by atoms with Gasteiger partial charge in [-0.15, -0.1) is 0 Å². The number of benzene rings is 1. The minimum Gasteiger partial charge on any atom is -0.496 e. The fraction of sp³-hybridized carbons (Fsp3) is 0.450. The lowest BCUT2D eigenvalue weighted by Crippen LogP contribution is -2.18. The van der Waals surface area contributed by atoms with E-state index in [1.54, 1.807) is 18.2 Å². The standard InChI is InChI=1S/C20H27N3O3S/c1-6-7-8-15-13-23(20(2,3)4)27-19(15)22-18(24)16-11-14(12-21-25)9-10-17(16)26-5/h9-13,25H,6-8H2,1-5H3. The van der Waals surface area contributed by atoms with Crippen LogP contribution in [0, 0.1) is 0 Å². The Kier molecular flexibility index (Phi) is 6.96. The average molecular weight is 390 g/mol. The minimum atomic E-state index is -0.374. The second kappa shape index (κ2) is 8.99. The van der Waals surface area contributed by atoms with Gasteiger partial charge in [0.25, 0.3) is 5.91 Å². The molecule has 6 nitrogen and oxygen atoms in total. The zero-order chi connectivity index (χ0) is 20.0. The number of oxime groups is 1. The van der Waals surface area contributed by atoms with Crippen molar-refractivity contribution in [3.8, 4) is 5.75 Å². The number of nitrogens with zero attached hydrogens (tertiary/aromatic N) is 3. The summed E-state index contributed by atoms with van der Waals surface area (Å²) in [4.78, 5) is 17.3. The quantitative estimate of drug-likeness (QED) is 0.457. The van der Waals surface area contributed by atoms with Crippen LogP contribution in [0.25, 0.3) is 0 Å². The van der Waals surface area contributed by atoms with Gasteiger partial charge in [-0.1, -0.05) is 18.5 Å². The SMILES string of the molecule is CCCCc1cn(C(C)(C)C)sc1=NC(=O)c1cc(C=NO)ccc1OC. The van der Waals surface area contributed by atoms with E-state index in [0.717, 1.165) is 29.5 Å². The van der Waals surface area contributed by atoms with Gasteiger partial charge in [-0.25, -0.2) is 0 Å². The molecule has 0 aliphatic heterocycles. The Balaban J connectivity index is 2.52. The van der Waals surface area contributed by atoms with Crippen molar-refractivity contribution in [2.45, 2.75) is 52.5 Å². The van der Waals surface area contributed by atoms with Crippen LogP contribution in [0.2, 0.25) is 0 Å². The van der Waals surface area contributed by atoms with Crippen molar-refractivity contribution < 1.29 is 14.7 Å². The predicted octanol–water partition coefficient (Wildman–Crippen LogP) is 4.21. The highest BCUT2D eigenvalue weighted by atomic mass is 32.1. The van der Waals surface area contributed by atoms with Crippen molar-refractivity contribution in [2.24, 2.45) is 10.1 Å². The summed E-state index contributed by atoms with van der Waals surface area (Å²) in [6.45, 7) is 8.52. The first-order valence-electron chi connectivity index (χ1n) is 8.97. The van der Waals surface area contributed by atoms with Crippen molar-refractivity contribution in [1.82, 2.24) is 3.96 Å². The Morgan fingerprint density at radius 1 is 1.37 bits per heavy atom. The molecule has 2 rings (SSSR count). The van der Waals surface area contributed by atoms with E-state index in [9.17, 15) is 4.79 Å². The monoisotopic (exact) mass is 389 g/mol. The van der Waals surface area contributed by atoms with E-state index in [0.29, 0.717) is 16.9 Å². The van der Waals surface area contributed by atoms with Crippen molar-refractivity contribution in [2.75, 3.05) is 7.11 Å². The zero-order valence-electron chi connectivity index (χ0n) is 16.5. The molecule has 7 heteroatoms. The first kappa shape index (κ1) is 20.9. The van der Waals surface area contributed by atoms with Crippen LogP contribution in [0.1, 0.15) is 62.0 Å². The fourth-order valence-electron chi connectivity index (χ4n) is 2.53. The average Bonchev–Trinajstić information content (AvgIpc) is 3.03. The molecule has 0 aliphatic rings. The van der Waals surface area contributed by atoms with Crippen LogP contribution < -0.4 is 9.41 Å². The summed E-state index contributed by atoms with van der Waals surface area (Å²) in [5.74, 6) is 0.0647. The molecule has 1 heterocycles. The van der Waals surface area contributed by atoms with Crippen LogP contribution in [0.15, 0.2) is 34.5 Å². The van der Waals surface area contributed by atoms with E-state index in [2.05, 4.69) is 48.0 Å². The second-order valence-corrected chi connectivity index (χ2v) is 8.23. The molecule has 0 radical (unpaired) electrons. The van der Waals surface area contributed by atoms with Gasteiger partial charge >= 0.3 is 0 Å². The number of carbonyl (C=O) groups excluding carboxylic acids is 1. The van der Waals surface area contributed by atoms with E-state index in [-0.39, 0.29) is 11.4 Å². The number of ether oxygens (including phenoxy) is 1. The maximum absolute atomic E-state index is 12.9. The molecule has 2 aromatic rings. The van der Waals surface area contributed by atoms with E-state index >= 15 is 0 Å². The molecule has 0 fully saturated rings. The van der Waals surface area contributed by atoms with Gasteiger partial charge in [0.15, 0.2) is 0 Å². The summed E-state index contributed by atoms with van der Waals surface area (Å²) in [5.41, 5.74) is 1.95. The number of hydrogen-bond donors (Lipinski definition) is 1. The Hall–Kier alpha value is -2.41. The number of amides is 1. The lowest BCUT2D eigenvalue weighted by molar-refractivity contribution is 0.0996. The molecule has 1 aromatic carbocycles. The lowest BCUT2D eigenvalue weighted by atomic mass is 10.1. The van der Waals surface area contributed by atoms with Gasteiger partial charge in [0.2, 0.25) is 0 Å². The van der Waals surface area contributed by atoms with Crippen molar-refractivity contribution in [1.29, 1.82) is 0 Å². The molecule has 0 bridgehead atoms. The first-order chi connectivity index (χ1) is 12.8. The molecule has 0 saturated carbocycles. The highest BCUT2D eigenvalue weighted by molar-refractivity contribution is 7.04. The summed E-state index contributed by atoms with van der Waals surface area (Å²) in [7, 11) is 1.51. The fourth-order valence-corrected chi connectivity index (χ4v) is 3.56. The molecule has 0 saturated heterocycles. The Labute approximate surface area is 164 Å².